The van der Waals surface area contributed by atoms with Crippen LogP contribution in [-0.4, -0.2) is 127 Å². The van der Waals surface area contributed by atoms with E-state index in [0.717, 1.165) is 62.4 Å². The standard InChI is InChI=1S/C35H46F4N8O3/c1-43-16-18-44(19-17-43)25-7-11-45(12-8-25)32(48)30(22-23-20-27(35(37,38)39)31(40)28(36)21-23)42-33(49)46-13-9-26(10-14-46)47-15-6-24-4-2-3-5-29(24)41-34(47)50/h2-5,20-21,25-26,30H,6-19,22,40H2,1H3,(H,41,50)(H,42,49)/t30-/m1/s1. The minimum Gasteiger partial charge on any atom is -0.396 e. The van der Waals surface area contributed by atoms with E-state index >= 15 is 0 Å². The predicted octanol–water partition coefficient (Wildman–Crippen LogP) is 3.84. The number of urea groups is 2. The quantitative estimate of drug-likeness (QED) is 0.311. The second-order valence-electron chi connectivity index (χ2n) is 13.9. The number of alkyl halides is 3. The van der Waals surface area contributed by atoms with Gasteiger partial charge in [-0.15, -0.1) is 0 Å². The monoisotopic (exact) mass is 702 g/mol. The average molecular weight is 703 g/mol. The molecule has 0 saturated carbocycles. The fourth-order valence-electron chi connectivity index (χ4n) is 7.68. The van der Waals surface area contributed by atoms with Crippen LogP contribution < -0.4 is 16.4 Å². The van der Waals surface area contributed by atoms with Crippen molar-refractivity contribution in [1.29, 1.82) is 0 Å². The third-order valence-electron chi connectivity index (χ3n) is 10.7. The summed E-state index contributed by atoms with van der Waals surface area (Å²) in [5.41, 5.74) is 4.85. The average Bonchev–Trinajstić information content (AvgIpc) is 3.27. The number of halogens is 4. The molecule has 0 bridgehead atoms. The Balaban J connectivity index is 1.12. The number of rotatable bonds is 6. The molecule has 6 rings (SSSR count). The van der Waals surface area contributed by atoms with Crippen molar-refractivity contribution in [3.63, 3.8) is 0 Å². The summed E-state index contributed by atoms with van der Waals surface area (Å²) in [7, 11) is 2.09. The van der Waals surface area contributed by atoms with E-state index in [4.69, 9.17) is 5.73 Å². The first-order valence-corrected chi connectivity index (χ1v) is 17.4. The van der Waals surface area contributed by atoms with Crippen LogP contribution in [0, 0.1) is 5.82 Å². The lowest BCUT2D eigenvalue weighted by molar-refractivity contribution is -0.137. The number of benzene rings is 2. The van der Waals surface area contributed by atoms with E-state index in [9.17, 15) is 31.9 Å². The van der Waals surface area contributed by atoms with E-state index < -0.39 is 41.2 Å². The molecule has 4 heterocycles. The highest BCUT2D eigenvalue weighted by atomic mass is 19.4. The summed E-state index contributed by atoms with van der Waals surface area (Å²) in [6.45, 7) is 5.91. The number of hydrogen-bond acceptors (Lipinski definition) is 6. The topological polar surface area (TPSA) is 117 Å². The molecule has 3 saturated heterocycles. The van der Waals surface area contributed by atoms with Crippen molar-refractivity contribution in [3.05, 3.63) is 58.9 Å². The number of piperazine rings is 1. The molecule has 0 spiro atoms. The van der Waals surface area contributed by atoms with Gasteiger partial charge in [0, 0.05) is 83.1 Å². The van der Waals surface area contributed by atoms with Crippen molar-refractivity contribution < 1.29 is 31.9 Å². The highest BCUT2D eigenvalue weighted by Gasteiger charge is 2.38. The maximum atomic E-state index is 14.6. The van der Waals surface area contributed by atoms with Gasteiger partial charge < -0.3 is 36.0 Å². The molecule has 2 aromatic rings. The molecule has 4 aliphatic rings. The van der Waals surface area contributed by atoms with Crippen LogP contribution in [0.2, 0.25) is 0 Å². The normalized spacial score (nSPS) is 21.0. The predicted molar refractivity (Wildman–Crippen MR) is 181 cm³/mol. The van der Waals surface area contributed by atoms with Crippen molar-refractivity contribution in [2.24, 2.45) is 0 Å². The Kier molecular flexibility index (Phi) is 10.7. The van der Waals surface area contributed by atoms with Gasteiger partial charge in [0.05, 0.1) is 11.3 Å². The molecule has 4 N–H and O–H groups in total. The van der Waals surface area contributed by atoms with Crippen LogP contribution in [0.5, 0.6) is 0 Å². The number of hydrogen-bond donors (Lipinski definition) is 3. The molecule has 272 valence electrons. The van der Waals surface area contributed by atoms with Crippen molar-refractivity contribution in [2.75, 3.05) is 77.0 Å². The largest absolute Gasteiger partial charge is 0.418 e. The molecule has 0 unspecified atom stereocenters. The number of carbonyl (C=O) groups excluding carboxylic acids is 3. The first-order valence-electron chi connectivity index (χ1n) is 17.4. The molecular formula is C35H46F4N8O3. The van der Waals surface area contributed by atoms with Gasteiger partial charge in [-0.1, -0.05) is 18.2 Å². The second-order valence-corrected chi connectivity index (χ2v) is 13.9. The molecule has 11 nitrogen and oxygen atoms in total. The van der Waals surface area contributed by atoms with E-state index in [1.54, 1.807) is 14.7 Å². The van der Waals surface area contributed by atoms with Crippen LogP contribution in [0.4, 0.5) is 38.5 Å². The molecule has 3 fully saturated rings. The van der Waals surface area contributed by atoms with E-state index in [1.807, 2.05) is 24.3 Å². The Morgan fingerprint density at radius 2 is 1.56 bits per heavy atom. The summed E-state index contributed by atoms with van der Waals surface area (Å²) in [5, 5.41) is 5.76. The van der Waals surface area contributed by atoms with Gasteiger partial charge in [0.25, 0.3) is 0 Å². The van der Waals surface area contributed by atoms with Crippen molar-refractivity contribution in [3.8, 4) is 0 Å². The second kappa shape index (κ2) is 15.0. The number of piperidine rings is 2. The number of nitrogen functional groups attached to an aromatic ring is 1. The smallest absolute Gasteiger partial charge is 0.396 e. The number of anilines is 2. The highest BCUT2D eigenvalue weighted by molar-refractivity contribution is 5.91. The Labute approximate surface area is 289 Å². The molecule has 2 aromatic carbocycles. The summed E-state index contributed by atoms with van der Waals surface area (Å²) in [6.07, 6.45) is -2.00. The highest BCUT2D eigenvalue weighted by Crippen LogP contribution is 2.36. The SMILES string of the molecule is CN1CCN(C2CCN(C(=O)[C@@H](Cc3cc(F)c(N)c(C(F)(F)F)c3)NC(=O)N3CCC(N4CCc5ccccc5NC4=O)CC3)CC2)CC1. The van der Waals surface area contributed by atoms with Crippen molar-refractivity contribution in [1.82, 2.24) is 29.8 Å². The van der Waals surface area contributed by atoms with Gasteiger partial charge in [0.2, 0.25) is 5.91 Å². The first kappa shape index (κ1) is 35.7. The van der Waals surface area contributed by atoms with Crippen LogP contribution >= 0.6 is 0 Å². The molecule has 0 radical (unpaired) electrons. The molecular weight excluding hydrogens is 656 g/mol. The number of nitrogens with zero attached hydrogens (tertiary/aromatic N) is 5. The zero-order valence-corrected chi connectivity index (χ0v) is 28.4. The number of para-hydroxylation sites is 1. The van der Waals surface area contributed by atoms with Crippen LogP contribution in [0.15, 0.2) is 36.4 Å². The molecule has 15 heteroatoms. The Hall–Kier alpha value is -4.11. The van der Waals surface area contributed by atoms with Gasteiger partial charge in [-0.3, -0.25) is 9.69 Å². The molecule has 0 aliphatic carbocycles. The number of likely N-dealkylation sites (tertiary alicyclic amines) is 2. The molecule has 1 atom stereocenters. The molecule has 4 aliphatic heterocycles. The Morgan fingerprint density at radius 1 is 0.920 bits per heavy atom. The fraction of sp³-hybridized carbons (Fsp3) is 0.571. The van der Waals surface area contributed by atoms with E-state index in [1.165, 1.54) is 0 Å². The summed E-state index contributed by atoms with van der Waals surface area (Å²) >= 11 is 0. The maximum absolute atomic E-state index is 14.6. The van der Waals surface area contributed by atoms with Gasteiger partial charge in [-0.25, -0.2) is 14.0 Å². The van der Waals surface area contributed by atoms with Gasteiger partial charge in [0.15, 0.2) is 0 Å². The van der Waals surface area contributed by atoms with Crippen LogP contribution in [0.1, 0.15) is 42.4 Å². The van der Waals surface area contributed by atoms with Gasteiger partial charge in [0.1, 0.15) is 11.9 Å². The number of amides is 5. The van der Waals surface area contributed by atoms with Crippen LogP contribution in [0.25, 0.3) is 0 Å². The third-order valence-corrected chi connectivity index (χ3v) is 10.7. The van der Waals surface area contributed by atoms with E-state index in [2.05, 4.69) is 27.5 Å². The number of carbonyl (C=O) groups is 3. The Bertz CT molecular complexity index is 1550. The zero-order valence-electron chi connectivity index (χ0n) is 28.4. The number of nitrogens with two attached hydrogens (primary N) is 1. The summed E-state index contributed by atoms with van der Waals surface area (Å²) < 4.78 is 55.8. The molecule has 50 heavy (non-hydrogen) atoms. The van der Waals surface area contributed by atoms with E-state index in [0.29, 0.717) is 58.0 Å². The summed E-state index contributed by atoms with van der Waals surface area (Å²) in [6, 6.07) is 7.61. The van der Waals surface area contributed by atoms with Gasteiger partial charge in [-0.05, 0) is 68.5 Å². The van der Waals surface area contributed by atoms with Gasteiger partial charge >= 0.3 is 18.2 Å². The number of likely N-dealkylation sites (N-methyl/N-ethyl adjacent to an activating group) is 1. The maximum Gasteiger partial charge on any atom is 0.418 e. The van der Waals surface area contributed by atoms with E-state index in [-0.39, 0.29) is 24.1 Å². The lowest BCUT2D eigenvalue weighted by atomic mass is 9.98. The van der Waals surface area contributed by atoms with Crippen LogP contribution in [0.3, 0.4) is 0 Å². The summed E-state index contributed by atoms with van der Waals surface area (Å²) in [4.78, 5) is 50.4. The zero-order chi connectivity index (χ0) is 35.6. The minimum atomic E-state index is -4.90. The Morgan fingerprint density at radius 3 is 2.24 bits per heavy atom. The number of nitrogens with one attached hydrogen (secondary N) is 2. The molecule has 5 amide bonds. The van der Waals surface area contributed by atoms with Crippen molar-refractivity contribution >= 4 is 29.3 Å². The minimum absolute atomic E-state index is 0.0917. The fourth-order valence-corrected chi connectivity index (χ4v) is 7.68. The number of fused-ring (bicyclic) bond motifs is 1. The lowest BCUT2D eigenvalue weighted by Gasteiger charge is -2.42. The van der Waals surface area contributed by atoms with Gasteiger partial charge in [-0.2, -0.15) is 13.2 Å². The van der Waals surface area contributed by atoms with Crippen molar-refractivity contribution in [2.45, 2.75) is 62.8 Å². The third kappa shape index (κ3) is 8.09. The summed E-state index contributed by atoms with van der Waals surface area (Å²) in [5.74, 6) is -1.65. The first-order chi connectivity index (χ1) is 23.9. The lowest BCUT2D eigenvalue weighted by Crippen LogP contribution is -2.58. The molecule has 0 aromatic heterocycles. The van der Waals surface area contributed by atoms with Crippen LogP contribution in [-0.2, 0) is 23.8 Å².